The first-order valence-corrected chi connectivity index (χ1v) is 7.38. The van der Waals surface area contributed by atoms with E-state index in [1.165, 1.54) is 5.56 Å². The summed E-state index contributed by atoms with van der Waals surface area (Å²) in [5, 5.41) is 7.41. The molecule has 6 nitrogen and oxygen atoms in total. The van der Waals surface area contributed by atoms with E-state index in [1.54, 1.807) is 18.1 Å². The number of rotatable bonds is 4. The maximum atomic E-state index is 4.30. The van der Waals surface area contributed by atoms with Crippen molar-refractivity contribution in [3.05, 3.63) is 46.5 Å². The molecule has 0 spiro atoms. The van der Waals surface area contributed by atoms with Gasteiger partial charge < -0.3 is 10.2 Å². The van der Waals surface area contributed by atoms with Crippen LogP contribution in [-0.4, -0.2) is 39.7 Å². The molecule has 0 aliphatic carbocycles. The first kappa shape index (κ1) is 15.5. The Kier molecular flexibility index (Phi) is 5.32. The Bertz CT molecular complexity index is 604. The molecular formula is C14H19BrN6. The number of halogens is 1. The van der Waals surface area contributed by atoms with Gasteiger partial charge in [0.05, 0.1) is 6.54 Å². The summed E-state index contributed by atoms with van der Waals surface area (Å²) in [5.74, 6) is 1.71. The molecule has 0 aliphatic heterocycles. The largest absolute Gasteiger partial charge is 0.352 e. The summed E-state index contributed by atoms with van der Waals surface area (Å²) in [7, 11) is 5.64. The Morgan fingerprint density at radius 2 is 2.10 bits per heavy atom. The van der Waals surface area contributed by atoms with E-state index in [0.29, 0.717) is 6.54 Å². The number of aromatic nitrogens is 3. The zero-order chi connectivity index (χ0) is 15.2. The molecule has 0 saturated heterocycles. The fraction of sp³-hybridized carbons (Fsp3) is 0.357. The minimum Gasteiger partial charge on any atom is -0.352 e. The molecule has 1 N–H and O–H groups in total. The highest BCUT2D eigenvalue weighted by molar-refractivity contribution is 9.10. The zero-order valence-corrected chi connectivity index (χ0v) is 14.0. The summed E-state index contributed by atoms with van der Waals surface area (Å²) >= 11 is 3.43. The van der Waals surface area contributed by atoms with E-state index in [2.05, 4.69) is 48.5 Å². The third-order valence-corrected chi connectivity index (χ3v) is 3.65. The summed E-state index contributed by atoms with van der Waals surface area (Å²) in [5.41, 5.74) is 1.20. The van der Waals surface area contributed by atoms with Gasteiger partial charge in [0.15, 0.2) is 5.96 Å². The van der Waals surface area contributed by atoms with E-state index in [1.807, 2.05) is 31.1 Å². The molecule has 0 amide bonds. The van der Waals surface area contributed by atoms with Gasteiger partial charge in [0.2, 0.25) is 0 Å². The Morgan fingerprint density at radius 3 is 2.67 bits per heavy atom. The molecule has 112 valence electrons. The number of nitrogens with zero attached hydrogens (tertiary/aromatic N) is 5. The molecule has 1 heterocycles. The van der Waals surface area contributed by atoms with Crippen molar-refractivity contribution in [3.8, 4) is 0 Å². The molecule has 2 rings (SSSR count). The number of nitrogens with one attached hydrogen (secondary N) is 1. The van der Waals surface area contributed by atoms with Gasteiger partial charge in [-0.1, -0.05) is 28.1 Å². The second kappa shape index (κ2) is 7.21. The molecular weight excluding hydrogens is 332 g/mol. The zero-order valence-electron chi connectivity index (χ0n) is 12.4. The van der Waals surface area contributed by atoms with Crippen LogP contribution in [0.5, 0.6) is 0 Å². The average Bonchev–Trinajstić information content (AvgIpc) is 2.87. The number of hydrogen-bond donors (Lipinski definition) is 1. The molecule has 7 heteroatoms. The molecule has 0 bridgehead atoms. The van der Waals surface area contributed by atoms with Crippen LogP contribution >= 0.6 is 15.9 Å². The summed E-state index contributed by atoms with van der Waals surface area (Å²) in [6.07, 6.45) is 1.56. The maximum Gasteiger partial charge on any atom is 0.194 e. The summed E-state index contributed by atoms with van der Waals surface area (Å²) < 4.78 is 2.84. The highest BCUT2D eigenvalue weighted by atomic mass is 79.9. The quantitative estimate of drug-likeness (QED) is 0.674. The highest BCUT2D eigenvalue weighted by Crippen LogP contribution is 2.10. The Balaban J connectivity index is 1.93. The van der Waals surface area contributed by atoms with Gasteiger partial charge in [0.1, 0.15) is 12.2 Å². The lowest BCUT2D eigenvalue weighted by molar-refractivity contribution is 0.448. The first-order chi connectivity index (χ1) is 10.1. The van der Waals surface area contributed by atoms with Crippen LogP contribution in [-0.2, 0) is 20.1 Å². The van der Waals surface area contributed by atoms with Crippen molar-refractivity contribution < 1.29 is 0 Å². The first-order valence-electron chi connectivity index (χ1n) is 6.59. The second-order valence-corrected chi connectivity index (χ2v) is 5.60. The summed E-state index contributed by atoms with van der Waals surface area (Å²) in [6, 6.07) is 8.21. The summed E-state index contributed by atoms with van der Waals surface area (Å²) in [4.78, 5) is 10.5. The van der Waals surface area contributed by atoms with E-state index in [-0.39, 0.29) is 0 Å². The van der Waals surface area contributed by atoms with Crippen LogP contribution in [0.1, 0.15) is 11.4 Å². The van der Waals surface area contributed by atoms with Crippen LogP contribution in [0, 0.1) is 0 Å². The number of benzene rings is 1. The van der Waals surface area contributed by atoms with Gasteiger partial charge in [0.25, 0.3) is 0 Å². The number of aliphatic imine (C=N–C) groups is 1. The van der Waals surface area contributed by atoms with Crippen LogP contribution in [0.25, 0.3) is 0 Å². The fourth-order valence-corrected chi connectivity index (χ4v) is 2.18. The van der Waals surface area contributed by atoms with Gasteiger partial charge >= 0.3 is 0 Å². The molecule has 21 heavy (non-hydrogen) atoms. The predicted octanol–water partition coefficient (Wildman–Crippen LogP) is 1.78. The van der Waals surface area contributed by atoms with Gasteiger partial charge in [-0.3, -0.25) is 9.67 Å². The molecule has 1 aromatic heterocycles. The van der Waals surface area contributed by atoms with E-state index >= 15 is 0 Å². The lowest BCUT2D eigenvalue weighted by Crippen LogP contribution is -2.38. The van der Waals surface area contributed by atoms with Gasteiger partial charge in [-0.2, -0.15) is 5.10 Å². The van der Waals surface area contributed by atoms with Crippen LogP contribution in [0.15, 0.2) is 40.1 Å². The Morgan fingerprint density at radius 1 is 1.38 bits per heavy atom. The molecule has 1 aromatic carbocycles. The Hall–Kier alpha value is -1.89. The normalized spacial score (nSPS) is 11.5. The lowest BCUT2D eigenvalue weighted by atomic mass is 10.2. The monoisotopic (exact) mass is 350 g/mol. The highest BCUT2D eigenvalue weighted by Gasteiger charge is 2.09. The lowest BCUT2D eigenvalue weighted by Gasteiger charge is -2.21. The van der Waals surface area contributed by atoms with Crippen molar-refractivity contribution in [2.24, 2.45) is 12.0 Å². The topological polar surface area (TPSA) is 58.3 Å². The van der Waals surface area contributed by atoms with Crippen molar-refractivity contribution in [3.63, 3.8) is 0 Å². The van der Waals surface area contributed by atoms with Crippen molar-refractivity contribution in [1.82, 2.24) is 25.0 Å². The standard InChI is InChI=1S/C14H19BrN6/c1-16-14(17-8-11-4-6-12(15)7-5-11)20(2)9-13-18-10-19-21(13)3/h4-7,10H,8-9H2,1-3H3,(H,16,17). The van der Waals surface area contributed by atoms with Crippen LogP contribution in [0.4, 0.5) is 0 Å². The van der Waals surface area contributed by atoms with Gasteiger partial charge in [-0.25, -0.2) is 4.98 Å². The van der Waals surface area contributed by atoms with Gasteiger partial charge in [-0.15, -0.1) is 0 Å². The molecule has 0 radical (unpaired) electrons. The SMILES string of the molecule is CN=C(NCc1ccc(Br)cc1)N(C)Cc1ncnn1C. The van der Waals surface area contributed by atoms with Crippen molar-refractivity contribution >= 4 is 21.9 Å². The average molecular weight is 351 g/mol. The van der Waals surface area contributed by atoms with E-state index < -0.39 is 0 Å². The molecule has 0 aliphatic rings. The smallest absolute Gasteiger partial charge is 0.194 e. The molecule has 0 unspecified atom stereocenters. The van der Waals surface area contributed by atoms with Gasteiger partial charge in [-0.05, 0) is 17.7 Å². The fourth-order valence-electron chi connectivity index (χ4n) is 1.92. The molecule has 2 aromatic rings. The minimum absolute atomic E-state index is 0.649. The van der Waals surface area contributed by atoms with Crippen molar-refractivity contribution in [2.75, 3.05) is 14.1 Å². The predicted molar refractivity (Wildman–Crippen MR) is 86.8 cm³/mol. The van der Waals surface area contributed by atoms with Crippen molar-refractivity contribution in [1.29, 1.82) is 0 Å². The third kappa shape index (κ3) is 4.29. The number of hydrogen-bond acceptors (Lipinski definition) is 3. The number of guanidine groups is 1. The van der Waals surface area contributed by atoms with Crippen LogP contribution in [0.3, 0.4) is 0 Å². The van der Waals surface area contributed by atoms with E-state index in [0.717, 1.165) is 22.8 Å². The summed E-state index contributed by atoms with van der Waals surface area (Å²) in [6.45, 7) is 1.37. The molecule has 0 atom stereocenters. The third-order valence-electron chi connectivity index (χ3n) is 3.12. The molecule has 0 fully saturated rings. The van der Waals surface area contributed by atoms with Crippen LogP contribution in [0.2, 0.25) is 0 Å². The Labute approximate surface area is 133 Å². The van der Waals surface area contributed by atoms with Gasteiger partial charge in [0, 0.05) is 32.2 Å². The van der Waals surface area contributed by atoms with E-state index in [9.17, 15) is 0 Å². The van der Waals surface area contributed by atoms with Crippen LogP contribution < -0.4 is 5.32 Å². The van der Waals surface area contributed by atoms with Crippen molar-refractivity contribution in [2.45, 2.75) is 13.1 Å². The van der Waals surface area contributed by atoms with E-state index in [4.69, 9.17) is 0 Å². The maximum absolute atomic E-state index is 4.30. The molecule has 0 saturated carbocycles. The number of aryl methyl sites for hydroxylation is 1. The minimum atomic E-state index is 0.649. The second-order valence-electron chi connectivity index (χ2n) is 4.68.